The van der Waals surface area contributed by atoms with E-state index in [2.05, 4.69) is 65.0 Å². The summed E-state index contributed by atoms with van der Waals surface area (Å²) in [5.74, 6) is 4.04. The number of hydrogen-bond acceptors (Lipinski definition) is 1. The van der Waals surface area contributed by atoms with E-state index in [9.17, 15) is 0 Å². The number of aryl methyl sites for hydroxylation is 1. The van der Waals surface area contributed by atoms with Crippen molar-refractivity contribution in [3.05, 3.63) is 18.5 Å². The molecule has 0 aliphatic carbocycles. The summed E-state index contributed by atoms with van der Waals surface area (Å²) >= 11 is 0. The SMILES string of the molecule is CC(C#C[Si](C(C)C)(C(C)C)C(C)C)CCn1cccn1. The summed E-state index contributed by atoms with van der Waals surface area (Å²) in [4.78, 5) is 0. The Balaban J connectivity index is 2.79. The van der Waals surface area contributed by atoms with Gasteiger partial charge in [-0.05, 0) is 29.1 Å². The van der Waals surface area contributed by atoms with Gasteiger partial charge >= 0.3 is 0 Å². The predicted octanol–water partition coefficient (Wildman–Crippen LogP) is 5.13. The Labute approximate surface area is 132 Å². The van der Waals surface area contributed by atoms with E-state index in [1.807, 2.05) is 23.1 Å². The molecule has 0 saturated heterocycles. The van der Waals surface area contributed by atoms with Crippen LogP contribution in [-0.4, -0.2) is 17.9 Å². The first-order valence-electron chi connectivity index (χ1n) is 8.30. The van der Waals surface area contributed by atoms with Gasteiger partial charge in [-0.1, -0.05) is 48.5 Å². The molecular weight excluding hydrogens is 272 g/mol. The molecule has 0 spiro atoms. The fourth-order valence-electron chi connectivity index (χ4n) is 3.51. The third-order valence-electron chi connectivity index (χ3n) is 4.75. The summed E-state index contributed by atoms with van der Waals surface area (Å²) in [6, 6.07) is 1.98. The van der Waals surface area contributed by atoms with Gasteiger partial charge in [0.05, 0.1) is 0 Å². The Morgan fingerprint density at radius 2 is 1.57 bits per heavy atom. The van der Waals surface area contributed by atoms with Crippen molar-refractivity contribution in [3.8, 4) is 11.5 Å². The summed E-state index contributed by atoms with van der Waals surface area (Å²) in [5.41, 5.74) is 5.95. The van der Waals surface area contributed by atoms with Crippen LogP contribution in [0.5, 0.6) is 0 Å². The van der Waals surface area contributed by atoms with Crippen molar-refractivity contribution in [2.24, 2.45) is 5.92 Å². The van der Waals surface area contributed by atoms with E-state index in [4.69, 9.17) is 0 Å². The lowest BCUT2D eigenvalue weighted by Crippen LogP contribution is -2.43. The van der Waals surface area contributed by atoms with E-state index in [0.717, 1.165) is 13.0 Å². The van der Waals surface area contributed by atoms with Crippen molar-refractivity contribution in [1.82, 2.24) is 9.78 Å². The minimum absolute atomic E-state index is 0.442. The predicted molar refractivity (Wildman–Crippen MR) is 94.8 cm³/mol. The Bertz CT molecular complexity index is 441. The average Bonchev–Trinajstić information content (AvgIpc) is 2.88. The van der Waals surface area contributed by atoms with Crippen LogP contribution in [0.1, 0.15) is 54.9 Å². The molecule has 1 unspecified atom stereocenters. The van der Waals surface area contributed by atoms with Gasteiger partial charge in [0.2, 0.25) is 0 Å². The van der Waals surface area contributed by atoms with Crippen molar-refractivity contribution in [2.45, 2.75) is 78.1 Å². The Hall–Kier alpha value is -1.01. The van der Waals surface area contributed by atoms with Crippen LogP contribution in [0.15, 0.2) is 18.5 Å². The third kappa shape index (κ3) is 4.48. The number of nitrogens with zero attached hydrogens (tertiary/aromatic N) is 2. The van der Waals surface area contributed by atoms with Crippen molar-refractivity contribution in [1.29, 1.82) is 0 Å². The quantitative estimate of drug-likeness (QED) is 0.526. The summed E-state index contributed by atoms with van der Waals surface area (Å²) in [6.07, 6.45) is 4.94. The summed E-state index contributed by atoms with van der Waals surface area (Å²) < 4.78 is 2.00. The van der Waals surface area contributed by atoms with Gasteiger partial charge in [0.1, 0.15) is 8.07 Å². The second-order valence-corrected chi connectivity index (χ2v) is 12.7. The van der Waals surface area contributed by atoms with Crippen LogP contribution >= 0.6 is 0 Å². The van der Waals surface area contributed by atoms with Crippen LogP contribution in [0.3, 0.4) is 0 Å². The monoisotopic (exact) mass is 304 g/mol. The molecule has 0 bridgehead atoms. The minimum Gasteiger partial charge on any atom is -0.273 e. The van der Waals surface area contributed by atoms with Crippen molar-refractivity contribution in [2.75, 3.05) is 0 Å². The molecule has 0 aliphatic heterocycles. The maximum Gasteiger partial charge on any atom is 0.145 e. The molecular formula is C18H32N2Si. The number of rotatable bonds is 6. The second kappa shape index (κ2) is 7.84. The maximum absolute atomic E-state index is 4.26. The van der Waals surface area contributed by atoms with Crippen LogP contribution in [0.4, 0.5) is 0 Å². The highest BCUT2D eigenvalue weighted by molar-refractivity contribution is 6.90. The zero-order valence-corrected chi connectivity index (χ0v) is 15.9. The fraction of sp³-hybridized carbons (Fsp3) is 0.722. The van der Waals surface area contributed by atoms with Crippen LogP contribution in [-0.2, 0) is 6.54 Å². The van der Waals surface area contributed by atoms with Gasteiger partial charge < -0.3 is 0 Å². The molecule has 2 nitrogen and oxygen atoms in total. The average molecular weight is 305 g/mol. The molecule has 1 rings (SSSR count). The first kappa shape index (κ1) is 18.0. The highest BCUT2D eigenvalue weighted by atomic mass is 28.3. The van der Waals surface area contributed by atoms with Crippen molar-refractivity contribution >= 4 is 8.07 Å². The molecule has 0 aliphatic rings. The van der Waals surface area contributed by atoms with Gasteiger partial charge in [0.25, 0.3) is 0 Å². The van der Waals surface area contributed by atoms with E-state index in [1.54, 1.807) is 0 Å². The molecule has 1 heterocycles. The molecule has 1 atom stereocenters. The molecule has 0 N–H and O–H groups in total. The van der Waals surface area contributed by atoms with Gasteiger partial charge in [0.15, 0.2) is 0 Å². The zero-order chi connectivity index (χ0) is 16.0. The molecule has 21 heavy (non-hydrogen) atoms. The molecule has 1 aromatic rings. The highest BCUT2D eigenvalue weighted by Gasteiger charge is 2.41. The smallest absolute Gasteiger partial charge is 0.145 e. The third-order valence-corrected chi connectivity index (χ3v) is 11.1. The Morgan fingerprint density at radius 3 is 2.00 bits per heavy atom. The van der Waals surface area contributed by atoms with E-state index < -0.39 is 8.07 Å². The summed E-state index contributed by atoms with van der Waals surface area (Å²) in [7, 11) is -1.57. The first-order valence-corrected chi connectivity index (χ1v) is 10.5. The minimum atomic E-state index is -1.57. The van der Waals surface area contributed by atoms with Gasteiger partial charge in [-0.2, -0.15) is 5.10 Å². The molecule has 0 radical (unpaired) electrons. The van der Waals surface area contributed by atoms with Gasteiger partial charge in [0, 0.05) is 24.9 Å². The maximum atomic E-state index is 4.26. The van der Waals surface area contributed by atoms with Crippen LogP contribution < -0.4 is 0 Å². The standard InChI is InChI=1S/C18H32N2Si/c1-15(2)21(16(3)4,17(5)6)14-10-18(7)9-13-20-12-8-11-19-20/h8,11-12,15-18H,9,13H2,1-7H3. The Morgan fingerprint density at radius 1 is 1.00 bits per heavy atom. The van der Waals surface area contributed by atoms with Crippen LogP contribution in [0, 0.1) is 17.4 Å². The van der Waals surface area contributed by atoms with Crippen molar-refractivity contribution < 1.29 is 0 Å². The molecule has 0 amide bonds. The molecule has 0 aromatic carbocycles. The topological polar surface area (TPSA) is 17.8 Å². The lowest BCUT2D eigenvalue weighted by Gasteiger charge is -2.38. The molecule has 0 fully saturated rings. The van der Waals surface area contributed by atoms with Crippen LogP contribution in [0.2, 0.25) is 16.6 Å². The van der Waals surface area contributed by atoms with E-state index >= 15 is 0 Å². The molecule has 0 saturated carbocycles. The molecule has 1 aromatic heterocycles. The fourth-order valence-corrected chi connectivity index (χ4v) is 8.87. The van der Waals surface area contributed by atoms with Gasteiger partial charge in [-0.3, -0.25) is 4.68 Å². The van der Waals surface area contributed by atoms with E-state index in [-0.39, 0.29) is 0 Å². The van der Waals surface area contributed by atoms with Crippen molar-refractivity contribution in [3.63, 3.8) is 0 Å². The second-order valence-electron chi connectivity index (χ2n) is 7.13. The first-order chi connectivity index (χ1) is 9.80. The Kier molecular flexibility index (Phi) is 6.74. The highest BCUT2D eigenvalue weighted by Crippen LogP contribution is 2.40. The summed E-state index contributed by atoms with van der Waals surface area (Å²) in [6.45, 7) is 17.4. The van der Waals surface area contributed by atoms with Gasteiger partial charge in [-0.15, -0.1) is 11.5 Å². The lowest BCUT2D eigenvalue weighted by atomic mass is 10.1. The number of aromatic nitrogens is 2. The molecule has 118 valence electrons. The molecule has 3 heteroatoms. The van der Waals surface area contributed by atoms with E-state index in [0.29, 0.717) is 22.5 Å². The largest absolute Gasteiger partial charge is 0.273 e. The number of hydrogen-bond donors (Lipinski definition) is 0. The lowest BCUT2D eigenvalue weighted by molar-refractivity contribution is 0.525. The zero-order valence-electron chi connectivity index (χ0n) is 14.9. The van der Waals surface area contributed by atoms with Gasteiger partial charge in [-0.25, -0.2) is 0 Å². The van der Waals surface area contributed by atoms with E-state index in [1.165, 1.54) is 0 Å². The normalized spacial score (nSPS) is 13.6. The van der Waals surface area contributed by atoms with Crippen LogP contribution in [0.25, 0.3) is 0 Å². The summed E-state index contributed by atoms with van der Waals surface area (Å²) in [5, 5.41) is 4.26.